The molecular weight excluding hydrogens is 338 g/mol. The Morgan fingerprint density at radius 2 is 2.19 bits per heavy atom. The molecule has 0 radical (unpaired) electrons. The van der Waals surface area contributed by atoms with Crippen LogP contribution in [0.5, 0.6) is 0 Å². The van der Waals surface area contributed by atoms with Gasteiger partial charge >= 0.3 is 5.97 Å². The lowest BCUT2D eigenvalue weighted by Crippen LogP contribution is -2.46. The van der Waals surface area contributed by atoms with E-state index in [2.05, 4.69) is 21.2 Å². The Morgan fingerprint density at radius 1 is 1.48 bits per heavy atom. The van der Waals surface area contributed by atoms with Gasteiger partial charge in [-0.3, -0.25) is 4.79 Å². The molecule has 0 saturated heterocycles. The highest BCUT2D eigenvalue weighted by Crippen LogP contribution is 2.48. The molecule has 1 saturated carbocycles. The lowest BCUT2D eigenvalue weighted by molar-refractivity contribution is -0.142. The van der Waals surface area contributed by atoms with E-state index >= 15 is 0 Å². The second-order valence-electron chi connectivity index (χ2n) is 5.24. The molecule has 1 atom stereocenters. The summed E-state index contributed by atoms with van der Waals surface area (Å²) in [5.41, 5.74) is 0.343. The van der Waals surface area contributed by atoms with Crippen LogP contribution in [0.4, 0.5) is 0 Å². The quantitative estimate of drug-likeness (QED) is 0.785. The van der Waals surface area contributed by atoms with Crippen LogP contribution in [0.3, 0.4) is 0 Å². The Hall–Kier alpha value is -1.40. The maximum Gasteiger partial charge on any atom is 0.326 e. The van der Waals surface area contributed by atoms with E-state index in [9.17, 15) is 14.7 Å². The fourth-order valence-electron chi connectivity index (χ4n) is 2.35. The lowest BCUT2D eigenvalue weighted by Gasteiger charge is -2.20. The molecule has 0 aromatic heterocycles. The van der Waals surface area contributed by atoms with Crippen molar-refractivity contribution in [3.05, 3.63) is 34.3 Å². The molecule has 114 valence electrons. The van der Waals surface area contributed by atoms with Gasteiger partial charge in [-0.2, -0.15) is 0 Å². The maximum atomic E-state index is 12.5. The van der Waals surface area contributed by atoms with Crippen LogP contribution in [0.15, 0.2) is 28.7 Å². The van der Waals surface area contributed by atoms with Gasteiger partial charge < -0.3 is 15.2 Å². The standard InChI is InChI=1S/C15H18BrNO4/c1-21-8-5-12(13(18)19)17-14(20)15(6-7-15)10-3-2-4-11(16)9-10/h2-4,9,12H,5-8H2,1H3,(H,17,20)(H,18,19). The summed E-state index contributed by atoms with van der Waals surface area (Å²) in [6, 6.07) is 6.68. The Morgan fingerprint density at radius 3 is 2.71 bits per heavy atom. The number of benzene rings is 1. The number of carbonyl (C=O) groups is 2. The molecular formula is C15H18BrNO4. The van der Waals surface area contributed by atoms with Gasteiger partial charge in [0, 0.05) is 24.6 Å². The number of rotatable bonds is 7. The third-order valence-electron chi connectivity index (χ3n) is 3.78. The summed E-state index contributed by atoms with van der Waals surface area (Å²) in [5, 5.41) is 11.8. The van der Waals surface area contributed by atoms with Crippen LogP contribution in [0.2, 0.25) is 0 Å². The molecule has 1 fully saturated rings. The number of amides is 1. The smallest absolute Gasteiger partial charge is 0.326 e. The van der Waals surface area contributed by atoms with E-state index in [1.54, 1.807) is 0 Å². The minimum Gasteiger partial charge on any atom is -0.480 e. The zero-order valence-electron chi connectivity index (χ0n) is 11.8. The Balaban J connectivity index is 2.10. The van der Waals surface area contributed by atoms with E-state index < -0.39 is 17.4 Å². The summed E-state index contributed by atoms with van der Waals surface area (Å²) in [6.45, 7) is 0.293. The van der Waals surface area contributed by atoms with Crippen LogP contribution in [0.25, 0.3) is 0 Å². The summed E-state index contributed by atoms with van der Waals surface area (Å²) in [7, 11) is 1.50. The van der Waals surface area contributed by atoms with Gasteiger partial charge in [-0.1, -0.05) is 28.1 Å². The number of hydrogen-bond donors (Lipinski definition) is 2. The molecule has 2 N–H and O–H groups in total. The highest BCUT2D eigenvalue weighted by atomic mass is 79.9. The Bertz CT molecular complexity index is 542. The minimum absolute atomic E-state index is 0.218. The van der Waals surface area contributed by atoms with Gasteiger partial charge in [-0.15, -0.1) is 0 Å². The largest absolute Gasteiger partial charge is 0.480 e. The first-order valence-electron chi connectivity index (χ1n) is 6.78. The van der Waals surface area contributed by atoms with Crippen molar-refractivity contribution in [3.63, 3.8) is 0 Å². The minimum atomic E-state index is -1.04. The number of ether oxygens (including phenoxy) is 1. The Labute approximate surface area is 131 Å². The molecule has 1 aromatic carbocycles. The highest BCUT2D eigenvalue weighted by molar-refractivity contribution is 9.10. The van der Waals surface area contributed by atoms with Crippen molar-refractivity contribution >= 4 is 27.8 Å². The van der Waals surface area contributed by atoms with E-state index in [0.29, 0.717) is 6.61 Å². The summed E-state index contributed by atoms with van der Waals surface area (Å²) >= 11 is 3.40. The van der Waals surface area contributed by atoms with Gasteiger partial charge in [0.1, 0.15) is 6.04 Å². The van der Waals surface area contributed by atoms with E-state index in [0.717, 1.165) is 22.9 Å². The highest BCUT2D eigenvalue weighted by Gasteiger charge is 2.51. The molecule has 0 heterocycles. The molecule has 1 unspecified atom stereocenters. The van der Waals surface area contributed by atoms with Crippen molar-refractivity contribution in [3.8, 4) is 0 Å². The lowest BCUT2D eigenvalue weighted by atomic mass is 9.94. The number of aliphatic carboxylic acids is 1. The monoisotopic (exact) mass is 355 g/mol. The van der Waals surface area contributed by atoms with Crippen molar-refractivity contribution < 1.29 is 19.4 Å². The van der Waals surface area contributed by atoms with Crippen LogP contribution in [-0.2, 0) is 19.7 Å². The van der Waals surface area contributed by atoms with Gasteiger partial charge in [0.25, 0.3) is 0 Å². The predicted molar refractivity (Wildman–Crippen MR) is 81.1 cm³/mol. The zero-order valence-corrected chi connectivity index (χ0v) is 13.4. The summed E-state index contributed by atoms with van der Waals surface area (Å²) in [4.78, 5) is 23.7. The second-order valence-corrected chi connectivity index (χ2v) is 6.15. The Kier molecular flexibility index (Phi) is 5.00. The first-order valence-corrected chi connectivity index (χ1v) is 7.57. The topological polar surface area (TPSA) is 75.6 Å². The number of methoxy groups -OCH3 is 1. The average molecular weight is 356 g/mol. The van der Waals surface area contributed by atoms with E-state index in [1.807, 2.05) is 24.3 Å². The average Bonchev–Trinajstić information content (AvgIpc) is 3.24. The van der Waals surface area contributed by atoms with Crippen LogP contribution in [-0.4, -0.2) is 36.7 Å². The van der Waals surface area contributed by atoms with Crippen molar-refractivity contribution in [2.45, 2.75) is 30.7 Å². The van der Waals surface area contributed by atoms with Crippen LogP contribution in [0.1, 0.15) is 24.8 Å². The number of nitrogens with one attached hydrogen (secondary N) is 1. The first-order chi connectivity index (χ1) is 9.99. The van der Waals surface area contributed by atoms with Gasteiger partial charge in [0.05, 0.1) is 5.41 Å². The summed E-state index contributed by atoms with van der Waals surface area (Å²) in [6.07, 6.45) is 1.74. The fourth-order valence-corrected chi connectivity index (χ4v) is 2.75. The van der Waals surface area contributed by atoms with Crippen molar-refractivity contribution in [1.82, 2.24) is 5.32 Å². The summed E-state index contributed by atoms with van der Waals surface area (Å²) in [5.74, 6) is -1.26. The van der Waals surface area contributed by atoms with Crippen molar-refractivity contribution in [2.75, 3.05) is 13.7 Å². The third kappa shape index (κ3) is 3.63. The molecule has 0 spiro atoms. The number of carboxylic acid groups (broad SMARTS) is 1. The summed E-state index contributed by atoms with van der Waals surface area (Å²) < 4.78 is 5.80. The van der Waals surface area contributed by atoms with Crippen LogP contribution >= 0.6 is 15.9 Å². The van der Waals surface area contributed by atoms with Crippen molar-refractivity contribution in [2.24, 2.45) is 0 Å². The fraction of sp³-hybridized carbons (Fsp3) is 0.467. The molecule has 6 heteroatoms. The number of carboxylic acids is 1. The molecule has 21 heavy (non-hydrogen) atoms. The first kappa shape index (κ1) is 16.0. The van der Waals surface area contributed by atoms with E-state index in [4.69, 9.17) is 4.74 Å². The zero-order chi connectivity index (χ0) is 15.5. The molecule has 0 bridgehead atoms. The van der Waals surface area contributed by atoms with Crippen LogP contribution < -0.4 is 5.32 Å². The molecule has 1 aromatic rings. The SMILES string of the molecule is COCCC(NC(=O)C1(c2cccc(Br)c2)CC1)C(=O)O. The van der Waals surface area contributed by atoms with Gasteiger partial charge in [-0.25, -0.2) is 4.79 Å². The molecule has 0 aliphatic heterocycles. The number of carbonyl (C=O) groups excluding carboxylic acids is 1. The van der Waals surface area contributed by atoms with Gasteiger partial charge in [-0.05, 0) is 30.5 Å². The van der Waals surface area contributed by atoms with Gasteiger partial charge in [0.15, 0.2) is 0 Å². The van der Waals surface area contributed by atoms with Crippen LogP contribution in [0, 0.1) is 0 Å². The molecule has 1 aliphatic rings. The molecule has 1 amide bonds. The third-order valence-corrected chi connectivity index (χ3v) is 4.27. The van der Waals surface area contributed by atoms with Crippen molar-refractivity contribution in [1.29, 1.82) is 0 Å². The van der Waals surface area contributed by atoms with E-state index in [1.165, 1.54) is 7.11 Å². The normalized spacial score (nSPS) is 17.0. The number of halogens is 1. The second kappa shape index (κ2) is 6.58. The molecule has 1 aliphatic carbocycles. The predicted octanol–water partition coefficient (Wildman–Crippen LogP) is 2.09. The van der Waals surface area contributed by atoms with E-state index in [-0.39, 0.29) is 12.3 Å². The molecule has 5 nitrogen and oxygen atoms in total. The van der Waals surface area contributed by atoms with Gasteiger partial charge in [0.2, 0.25) is 5.91 Å². The molecule has 2 rings (SSSR count). The number of hydrogen-bond acceptors (Lipinski definition) is 3. The maximum absolute atomic E-state index is 12.5.